The van der Waals surface area contributed by atoms with E-state index >= 15 is 0 Å². The fourth-order valence-corrected chi connectivity index (χ4v) is 4.29. The summed E-state index contributed by atoms with van der Waals surface area (Å²) in [6.07, 6.45) is 0.952. The lowest BCUT2D eigenvalue weighted by molar-refractivity contribution is -0.131. The molecule has 8 nitrogen and oxygen atoms in total. The number of fused-ring (bicyclic) bond motifs is 1. The number of imidazole rings is 1. The number of nitrogens with one attached hydrogen (secondary N) is 1. The summed E-state index contributed by atoms with van der Waals surface area (Å²) in [6.45, 7) is 5.90. The molecule has 1 N–H and O–H groups in total. The van der Waals surface area contributed by atoms with Crippen molar-refractivity contribution in [2.75, 3.05) is 40.3 Å². The van der Waals surface area contributed by atoms with E-state index in [1.807, 2.05) is 16.4 Å². The number of hydrogen-bond acceptors (Lipinski definition) is 5. The molecule has 1 saturated heterocycles. The molecule has 1 fully saturated rings. The summed E-state index contributed by atoms with van der Waals surface area (Å²) in [5.41, 5.74) is 1.53. The van der Waals surface area contributed by atoms with Crippen LogP contribution in [0.2, 0.25) is 0 Å². The number of carbonyl (C=O) groups is 1. The fourth-order valence-electron chi connectivity index (χ4n) is 3.37. The highest BCUT2D eigenvalue weighted by Gasteiger charge is 2.21. The number of aryl methyl sites for hydroxylation is 2. The maximum Gasteiger partial charge on any atom is 0.242 e. The molecule has 1 aromatic heterocycles. The fraction of sp³-hybridized carbons (Fsp3) is 0.556. The Balaban J connectivity index is 0.00000280. The summed E-state index contributed by atoms with van der Waals surface area (Å²) < 4.78 is 28.0. The van der Waals surface area contributed by atoms with E-state index in [2.05, 4.69) is 10.3 Å². The van der Waals surface area contributed by atoms with Gasteiger partial charge in [0.2, 0.25) is 15.9 Å². The maximum absolute atomic E-state index is 12.4. The van der Waals surface area contributed by atoms with Crippen LogP contribution in [-0.4, -0.2) is 73.4 Å². The highest BCUT2D eigenvalue weighted by atomic mass is 35.5. The van der Waals surface area contributed by atoms with Crippen LogP contribution in [0.1, 0.15) is 19.2 Å². The van der Waals surface area contributed by atoms with E-state index in [9.17, 15) is 13.2 Å². The van der Waals surface area contributed by atoms with Crippen molar-refractivity contribution in [1.29, 1.82) is 0 Å². The molecule has 1 aromatic carbocycles. The minimum atomic E-state index is -3.50. The Morgan fingerprint density at radius 2 is 1.93 bits per heavy atom. The van der Waals surface area contributed by atoms with E-state index in [0.717, 1.165) is 37.5 Å². The maximum atomic E-state index is 12.4. The number of nitrogens with zero attached hydrogens (tertiary/aromatic N) is 4. The normalized spacial score (nSPS) is 15.1. The zero-order chi connectivity index (χ0) is 19.6. The quantitative estimate of drug-likeness (QED) is 0.742. The van der Waals surface area contributed by atoms with Crippen molar-refractivity contribution in [3.8, 4) is 0 Å². The molecule has 0 unspecified atom stereocenters. The Bertz CT molecular complexity index is 936. The van der Waals surface area contributed by atoms with E-state index in [0.29, 0.717) is 24.9 Å². The molecule has 28 heavy (non-hydrogen) atoms. The molecule has 1 aliphatic heterocycles. The number of sulfonamides is 1. The Hall–Kier alpha value is -1.68. The summed E-state index contributed by atoms with van der Waals surface area (Å²) in [4.78, 5) is 19.2. The second-order valence-corrected chi connectivity index (χ2v) is 8.99. The summed E-state index contributed by atoms with van der Waals surface area (Å²) in [5.74, 6) is 0.956. The van der Waals surface area contributed by atoms with Crippen LogP contribution in [0.3, 0.4) is 0 Å². The van der Waals surface area contributed by atoms with E-state index < -0.39 is 10.0 Å². The Morgan fingerprint density at radius 1 is 1.25 bits per heavy atom. The van der Waals surface area contributed by atoms with Crippen molar-refractivity contribution in [1.82, 2.24) is 24.1 Å². The first kappa shape index (κ1) is 22.6. The molecular formula is C18H28ClN5O3S. The molecule has 2 heterocycles. The SMILES string of the molecule is CCn1c(CCC(=O)N2CCNCC2)nc2cc(S(=O)(=O)N(C)C)ccc21.Cl. The number of carbonyl (C=O) groups excluding carboxylic acids is 1. The third kappa shape index (κ3) is 4.48. The zero-order valence-electron chi connectivity index (χ0n) is 16.5. The van der Waals surface area contributed by atoms with Crippen LogP contribution in [-0.2, 0) is 27.8 Å². The van der Waals surface area contributed by atoms with Crippen molar-refractivity contribution in [2.45, 2.75) is 31.2 Å². The highest BCUT2D eigenvalue weighted by Crippen LogP contribution is 2.23. The van der Waals surface area contributed by atoms with Crippen LogP contribution < -0.4 is 5.32 Å². The van der Waals surface area contributed by atoms with Gasteiger partial charge in [0.1, 0.15) is 5.82 Å². The average Bonchev–Trinajstić information content (AvgIpc) is 3.03. The van der Waals surface area contributed by atoms with Crippen molar-refractivity contribution in [3.05, 3.63) is 24.0 Å². The lowest BCUT2D eigenvalue weighted by Crippen LogP contribution is -2.46. The van der Waals surface area contributed by atoms with Gasteiger partial charge in [-0.05, 0) is 25.1 Å². The minimum absolute atomic E-state index is 0. The van der Waals surface area contributed by atoms with Crippen LogP contribution in [0.5, 0.6) is 0 Å². The largest absolute Gasteiger partial charge is 0.340 e. The first-order valence-electron chi connectivity index (χ1n) is 9.24. The molecule has 2 aromatic rings. The second-order valence-electron chi connectivity index (χ2n) is 6.84. The molecular weight excluding hydrogens is 402 g/mol. The summed E-state index contributed by atoms with van der Waals surface area (Å²) in [5, 5.41) is 3.24. The van der Waals surface area contributed by atoms with Crippen molar-refractivity contribution in [3.63, 3.8) is 0 Å². The Morgan fingerprint density at radius 3 is 2.54 bits per heavy atom. The van der Waals surface area contributed by atoms with Gasteiger partial charge in [0.25, 0.3) is 0 Å². The van der Waals surface area contributed by atoms with Crippen LogP contribution in [0.15, 0.2) is 23.1 Å². The highest BCUT2D eigenvalue weighted by molar-refractivity contribution is 7.89. The number of rotatable bonds is 6. The van der Waals surface area contributed by atoms with Gasteiger partial charge in [-0.1, -0.05) is 0 Å². The predicted molar refractivity (Wildman–Crippen MR) is 111 cm³/mol. The molecule has 0 aliphatic carbocycles. The van der Waals surface area contributed by atoms with Crippen LogP contribution in [0.25, 0.3) is 11.0 Å². The van der Waals surface area contributed by atoms with Crippen LogP contribution in [0.4, 0.5) is 0 Å². The molecule has 1 aliphatic rings. The standard InChI is InChI=1S/C18H27N5O3S.ClH/c1-4-23-16-6-5-14(27(25,26)21(2)3)13-15(16)20-17(23)7-8-18(24)22-11-9-19-10-12-22;/h5-6,13,19H,4,7-12H2,1-3H3;1H. The average molecular weight is 430 g/mol. The molecule has 10 heteroatoms. The third-order valence-corrected chi connectivity index (χ3v) is 6.74. The molecule has 0 radical (unpaired) electrons. The van der Waals surface area contributed by atoms with Crippen molar-refractivity contribution >= 4 is 39.4 Å². The number of aromatic nitrogens is 2. The number of amides is 1. The molecule has 0 bridgehead atoms. The van der Waals surface area contributed by atoms with Gasteiger partial charge in [-0.3, -0.25) is 4.79 Å². The van der Waals surface area contributed by atoms with Crippen LogP contribution >= 0.6 is 12.4 Å². The van der Waals surface area contributed by atoms with Crippen molar-refractivity contribution in [2.24, 2.45) is 0 Å². The van der Waals surface area contributed by atoms with Gasteiger partial charge >= 0.3 is 0 Å². The molecule has 0 saturated carbocycles. The van der Waals surface area contributed by atoms with Crippen molar-refractivity contribution < 1.29 is 13.2 Å². The summed E-state index contributed by atoms with van der Waals surface area (Å²) in [7, 11) is -0.479. The Labute approximate surface area is 172 Å². The Kier molecular flexibility index (Phi) is 7.44. The number of halogens is 1. The van der Waals surface area contributed by atoms with E-state index in [1.54, 1.807) is 18.2 Å². The minimum Gasteiger partial charge on any atom is -0.340 e. The molecule has 3 rings (SSSR count). The molecule has 156 valence electrons. The van der Waals surface area contributed by atoms with Gasteiger partial charge < -0.3 is 14.8 Å². The number of benzene rings is 1. The number of hydrogen-bond donors (Lipinski definition) is 1. The molecule has 0 spiro atoms. The number of piperazine rings is 1. The lowest BCUT2D eigenvalue weighted by Gasteiger charge is -2.27. The molecule has 1 amide bonds. The first-order valence-corrected chi connectivity index (χ1v) is 10.7. The first-order chi connectivity index (χ1) is 12.8. The van der Waals surface area contributed by atoms with Gasteiger partial charge in [-0.2, -0.15) is 0 Å². The zero-order valence-corrected chi connectivity index (χ0v) is 18.1. The van der Waals surface area contributed by atoms with Crippen LogP contribution in [0, 0.1) is 0 Å². The van der Waals surface area contributed by atoms with E-state index in [4.69, 9.17) is 0 Å². The van der Waals surface area contributed by atoms with Gasteiger partial charge in [0, 0.05) is 59.7 Å². The molecule has 0 atom stereocenters. The van der Waals surface area contributed by atoms with E-state index in [-0.39, 0.29) is 23.2 Å². The lowest BCUT2D eigenvalue weighted by atomic mass is 10.2. The second kappa shape index (κ2) is 9.21. The summed E-state index contributed by atoms with van der Waals surface area (Å²) in [6, 6.07) is 5.02. The predicted octanol–water partition coefficient (Wildman–Crippen LogP) is 1.09. The third-order valence-electron chi connectivity index (χ3n) is 4.93. The van der Waals surface area contributed by atoms with Gasteiger partial charge in [0.15, 0.2) is 0 Å². The van der Waals surface area contributed by atoms with E-state index in [1.165, 1.54) is 18.4 Å². The summed E-state index contributed by atoms with van der Waals surface area (Å²) >= 11 is 0. The van der Waals surface area contributed by atoms with Gasteiger partial charge in [-0.25, -0.2) is 17.7 Å². The van der Waals surface area contributed by atoms with Gasteiger partial charge in [0.05, 0.1) is 15.9 Å². The van der Waals surface area contributed by atoms with Gasteiger partial charge in [-0.15, -0.1) is 12.4 Å². The topological polar surface area (TPSA) is 87.5 Å². The smallest absolute Gasteiger partial charge is 0.242 e. The monoisotopic (exact) mass is 429 g/mol.